The molecule has 1 aliphatic carbocycles. The van der Waals surface area contributed by atoms with E-state index in [0.29, 0.717) is 54.9 Å². The maximum Gasteiger partial charge on any atom is 0.328 e. The molecule has 21 heteroatoms. The third-order valence-corrected chi connectivity index (χ3v) is 18.1. The van der Waals surface area contributed by atoms with Crippen molar-refractivity contribution in [1.29, 1.82) is 0 Å². The molecule has 3 fully saturated rings. The minimum absolute atomic E-state index is 0.00764. The number of urea groups is 1. The van der Waals surface area contributed by atoms with Crippen LogP contribution in [0.3, 0.4) is 0 Å². The number of hydrogen-bond acceptors (Lipinski definition) is 15. The zero-order valence-corrected chi connectivity index (χ0v) is 52.5. The molecule has 2 aromatic carbocycles. The number of esters is 2. The van der Waals surface area contributed by atoms with Crippen LogP contribution in [0.2, 0.25) is 5.02 Å². The summed E-state index contributed by atoms with van der Waals surface area (Å²) in [6.45, 7) is 10.7. The largest absolute Gasteiger partial charge is 0.495 e. The normalized spacial score (nSPS) is 25.4. The number of unbranched alkanes of at least 4 members (excludes halogenated alkanes) is 3. The Bertz CT molecular complexity index is 2850. The van der Waals surface area contributed by atoms with Gasteiger partial charge in [-0.1, -0.05) is 87.6 Å². The predicted molar refractivity (Wildman–Crippen MR) is 323 cm³/mol. The zero-order chi connectivity index (χ0) is 63.2. The van der Waals surface area contributed by atoms with E-state index in [1.165, 1.54) is 50.1 Å². The summed E-state index contributed by atoms with van der Waals surface area (Å²) in [5, 5.41) is 17.6. The summed E-state index contributed by atoms with van der Waals surface area (Å²) in [5.74, 6) is -3.96. The second-order valence-corrected chi connectivity index (χ2v) is 24.9. The first-order valence-corrected chi connectivity index (χ1v) is 30.6. The van der Waals surface area contributed by atoms with Gasteiger partial charge in [0, 0.05) is 83.2 Å². The van der Waals surface area contributed by atoms with Crippen LogP contribution in [0.15, 0.2) is 60.2 Å². The Morgan fingerprint density at radius 1 is 0.977 bits per heavy atom. The first-order valence-electron chi connectivity index (χ1n) is 30.3. The van der Waals surface area contributed by atoms with Crippen LogP contribution in [0.25, 0.3) is 0 Å². The van der Waals surface area contributed by atoms with E-state index in [2.05, 4.69) is 10.6 Å². The minimum Gasteiger partial charge on any atom is -0.495 e. The SMILES string of the molecule is COc1cc2cc(c1Cl)N(C)C(=O)C[C@H](OC(=O)[C@H](C)N(C)C(=O)c1ccc(CC(=O)[C@H](CCCNC(N)=O)NC(=O)[C@@H](CC(=O)CCCCCCC(=O)C3CCC3)C(C)C)cc1)[C@]1(C)O[C@H]1[C@H](C)[C@@H]1C[C@@](O)(CC(=O)O1)[C@H](OC)/C=C/C=C(\C)C2. The summed E-state index contributed by atoms with van der Waals surface area (Å²) in [5.41, 5.74) is 5.01. The van der Waals surface area contributed by atoms with Gasteiger partial charge >= 0.3 is 18.0 Å². The summed E-state index contributed by atoms with van der Waals surface area (Å²) in [7, 11) is 5.89. The Hall–Kier alpha value is -6.48. The quantitative estimate of drug-likeness (QED) is 0.0394. The van der Waals surface area contributed by atoms with E-state index in [4.69, 9.17) is 41.0 Å². The molecule has 4 aliphatic rings. The molecule has 10 atom stereocenters. The average molecular weight is 1220 g/mol. The molecule has 0 unspecified atom stereocenters. The molecule has 0 aromatic heterocycles. The molecule has 4 bridgehead atoms. The van der Waals surface area contributed by atoms with Gasteiger partial charge in [0.25, 0.3) is 5.91 Å². The van der Waals surface area contributed by atoms with E-state index in [1.807, 2.05) is 26.8 Å². The summed E-state index contributed by atoms with van der Waals surface area (Å²) in [6, 6.07) is 6.85. The lowest BCUT2D eigenvalue weighted by Gasteiger charge is -2.41. The van der Waals surface area contributed by atoms with Gasteiger partial charge in [0.15, 0.2) is 5.78 Å². The predicted octanol–water partition coefficient (Wildman–Crippen LogP) is 8.06. The number of carbonyl (C=O) groups excluding carboxylic acids is 9. The summed E-state index contributed by atoms with van der Waals surface area (Å²) < 4.78 is 29.8. The number of carbonyl (C=O) groups is 9. The number of primary amides is 1. The molecule has 2 aromatic rings. The highest BCUT2D eigenvalue weighted by atomic mass is 35.5. The van der Waals surface area contributed by atoms with Crippen molar-refractivity contribution in [3.05, 3.63) is 81.9 Å². The number of hydrogen-bond donors (Lipinski definition) is 4. The monoisotopic (exact) mass is 1220 g/mol. The van der Waals surface area contributed by atoms with E-state index >= 15 is 0 Å². The fourth-order valence-electron chi connectivity index (χ4n) is 11.7. The molecule has 86 heavy (non-hydrogen) atoms. The number of fused-ring (bicyclic) bond motifs is 5. The van der Waals surface area contributed by atoms with Crippen LogP contribution in [0, 0.1) is 23.7 Å². The van der Waals surface area contributed by atoms with Crippen LogP contribution >= 0.6 is 11.6 Å². The molecular formula is C65H90ClN5O15. The maximum absolute atomic E-state index is 14.5. The van der Waals surface area contributed by atoms with Gasteiger partial charge in [-0.15, -0.1) is 0 Å². The molecule has 0 radical (unpaired) electrons. The van der Waals surface area contributed by atoms with Crippen molar-refractivity contribution >= 4 is 70.3 Å². The number of nitrogens with one attached hydrogen (secondary N) is 2. The number of epoxide rings is 1. The number of ketones is 3. The van der Waals surface area contributed by atoms with Crippen LogP contribution in [-0.2, 0) is 65.4 Å². The number of amides is 5. The zero-order valence-electron chi connectivity index (χ0n) is 51.7. The van der Waals surface area contributed by atoms with Crippen LogP contribution in [0.1, 0.15) is 159 Å². The minimum atomic E-state index is -1.65. The van der Waals surface area contributed by atoms with Crippen LogP contribution in [0.5, 0.6) is 5.75 Å². The number of halogens is 1. The molecule has 20 nitrogen and oxygen atoms in total. The number of rotatable bonds is 26. The molecule has 0 spiro atoms. The third-order valence-electron chi connectivity index (χ3n) is 17.7. The number of aliphatic hydroxyl groups is 1. The van der Waals surface area contributed by atoms with Crippen molar-refractivity contribution in [1.82, 2.24) is 15.5 Å². The first kappa shape index (κ1) is 68.6. The van der Waals surface area contributed by atoms with Gasteiger partial charge in [0.1, 0.15) is 57.9 Å². The number of likely N-dealkylation sites (N-methyl/N-ethyl adjacent to an activating group) is 1. The Kier molecular flexibility index (Phi) is 24.7. The van der Waals surface area contributed by atoms with Gasteiger partial charge in [-0.3, -0.25) is 33.6 Å². The van der Waals surface area contributed by atoms with Crippen molar-refractivity contribution in [3.63, 3.8) is 0 Å². The van der Waals surface area contributed by atoms with Crippen molar-refractivity contribution < 1.29 is 71.9 Å². The van der Waals surface area contributed by atoms with Crippen molar-refractivity contribution in [2.75, 3.05) is 39.8 Å². The number of methoxy groups -OCH3 is 2. The number of Topliss-reactive ketones (excluding diaryl/α,β-unsaturated/α-hetero) is 3. The summed E-state index contributed by atoms with van der Waals surface area (Å²) >= 11 is 6.86. The summed E-state index contributed by atoms with van der Waals surface area (Å²) in [6.07, 6.45) is 8.74. The number of benzene rings is 2. The topological polar surface area (TPSA) is 280 Å². The van der Waals surface area contributed by atoms with Crippen LogP contribution < -0.4 is 26.0 Å². The highest BCUT2D eigenvalue weighted by Crippen LogP contribution is 2.50. The lowest BCUT2D eigenvalue weighted by atomic mass is 9.78. The molecule has 6 rings (SSSR count). The second-order valence-electron chi connectivity index (χ2n) is 24.6. The molecule has 3 heterocycles. The standard InChI is InChI=1S/C65H90ClN5O15/c1-38(2)47(34-46(72)21-13-11-12-14-23-50(73)44-19-16-20-44)60(77)69-48(22-17-29-68-63(67)80)51(74)32-42-25-27-45(28-26-42)61(78)70(7)41(5)62(79)85-55-35-56(75)71(8)49-31-43(33-52(82-9)58(49)66)30-39(3)18-15-24-54(83-10)65(81)36-53(84-57(76)37-65)40(4)59-64(55,6)86-59/h15,18,24-28,31,33,38,40-41,44,47-48,53-55,59,81H,11-14,16-17,19-23,29-30,32,34-37H2,1-10H3,(H,69,77)(H3,67,68,80)/b24-15+,39-18+/t40-,41+,47+,48+,53+,54-,55+,59+,64+,65-/m1/s1. The van der Waals surface area contributed by atoms with Crippen molar-refractivity contribution in [2.24, 2.45) is 29.4 Å². The third kappa shape index (κ3) is 18.1. The highest BCUT2D eigenvalue weighted by molar-refractivity contribution is 6.35. The lowest BCUT2D eigenvalue weighted by Crippen LogP contribution is -2.53. The van der Waals surface area contributed by atoms with E-state index in [0.717, 1.165) is 49.7 Å². The molecule has 472 valence electrons. The molecular weight excluding hydrogens is 1130 g/mol. The fourth-order valence-corrected chi connectivity index (χ4v) is 12.0. The molecule has 2 saturated heterocycles. The van der Waals surface area contributed by atoms with E-state index in [-0.39, 0.29) is 72.6 Å². The van der Waals surface area contributed by atoms with Gasteiger partial charge in [0.05, 0.1) is 37.8 Å². The van der Waals surface area contributed by atoms with Crippen LogP contribution in [-0.4, -0.2) is 146 Å². The Morgan fingerprint density at radius 3 is 2.29 bits per heavy atom. The number of allylic oxidation sites excluding steroid dienone is 3. The molecule has 5 N–H and O–H groups in total. The van der Waals surface area contributed by atoms with Gasteiger partial charge < -0.3 is 55.0 Å². The maximum atomic E-state index is 14.5. The van der Waals surface area contributed by atoms with E-state index in [1.54, 1.807) is 57.3 Å². The Morgan fingerprint density at radius 2 is 1.66 bits per heavy atom. The summed E-state index contributed by atoms with van der Waals surface area (Å²) in [4.78, 5) is 124. The number of anilines is 1. The van der Waals surface area contributed by atoms with Crippen LogP contribution in [0.4, 0.5) is 10.5 Å². The molecule has 5 amide bonds. The average Bonchev–Trinajstić information content (AvgIpc) is 1.62. The smallest absolute Gasteiger partial charge is 0.328 e. The fraction of sp³-hybridized carbons (Fsp3) is 0.615. The highest BCUT2D eigenvalue weighted by Gasteiger charge is 2.64. The van der Waals surface area contributed by atoms with Gasteiger partial charge in [0.2, 0.25) is 11.8 Å². The van der Waals surface area contributed by atoms with Gasteiger partial charge in [-0.25, -0.2) is 9.59 Å². The number of nitrogens with two attached hydrogens (primary N) is 1. The van der Waals surface area contributed by atoms with Gasteiger partial charge in [-0.2, -0.15) is 0 Å². The number of nitrogens with zero attached hydrogens (tertiary/aromatic N) is 2. The first-order chi connectivity index (χ1) is 40.7. The Labute approximate surface area is 511 Å². The Balaban J connectivity index is 1.14. The van der Waals surface area contributed by atoms with E-state index in [9.17, 15) is 48.3 Å². The van der Waals surface area contributed by atoms with Crippen molar-refractivity contribution in [3.8, 4) is 5.75 Å². The van der Waals surface area contributed by atoms with Gasteiger partial charge in [-0.05, 0) is 107 Å². The second kappa shape index (κ2) is 30.9. The van der Waals surface area contributed by atoms with E-state index < -0.39 is 102 Å². The number of ether oxygens (including phenoxy) is 5. The molecule has 1 saturated carbocycles. The molecule has 3 aliphatic heterocycles. The van der Waals surface area contributed by atoms with Crippen molar-refractivity contribution in [2.45, 2.75) is 198 Å². The lowest BCUT2D eigenvalue weighted by molar-refractivity contribution is -0.187.